The second-order valence-corrected chi connectivity index (χ2v) is 4.81. The Balaban J connectivity index is 1.89. The number of halogens is 3. The molecule has 19 heavy (non-hydrogen) atoms. The van der Waals surface area contributed by atoms with E-state index in [0.29, 0.717) is 18.4 Å². The van der Waals surface area contributed by atoms with E-state index in [-0.39, 0.29) is 0 Å². The summed E-state index contributed by atoms with van der Waals surface area (Å²) in [4.78, 5) is 2.26. The van der Waals surface area contributed by atoms with Gasteiger partial charge in [0, 0.05) is 12.6 Å². The molecule has 0 aromatic carbocycles. The number of rotatable bonds is 3. The van der Waals surface area contributed by atoms with Crippen molar-refractivity contribution in [2.45, 2.75) is 31.5 Å². The number of likely N-dealkylation sites (N-methyl/N-ethyl adjacent to an activating group) is 1. The lowest BCUT2D eigenvalue weighted by atomic mass is 10.0. The number of piperidine rings is 1. The van der Waals surface area contributed by atoms with Crippen LogP contribution in [0.4, 0.5) is 19.0 Å². The number of hydrogen-bond donors (Lipinski definition) is 1. The van der Waals surface area contributed by atoms with Crippen LogP contribution in [0.2, 0.25) is 0 Å². The van der Waals surface area contributed by atoms with Gasteiger partial charge in [-0.05, 0) is 38.6 Å². The van der Waals surface area contributed by atoms with Gasteiger partial charge < -0.3 is 10.2 Å². The molecule has 1 atom stereocenters. The van der Waals surface area contributed by atoms with Gasteiger partial charge in [-0.2, -0.15) is 13.2 Å². The van der Waals surface area contributed by atoms with Gasteiger partial charge in [0.2, 0.25) is 0 Å². The van der Waals surface area contributed by atoms with E-state index in [9.17, 15) is 13.2 Å². The predicted octanol–water partition coefficient (Wildman–Crippen LogP) is 2.39. The summed E-state index contributed by atoms with van der Waals surface area (Å²) in [7, 11) is 2.06. The first kappa shape index (κ1) is 14.0. The number of hydrogen-bond acceptors (Lipinski definition) is 4. The highest BCUT2D eigenvalue weighted by Crippen LogP contribution is 2.27. The van der Waals surface area contributed by atoms with Gasteiger partial charge in [0.25, 0.3) is 0 Å². The van der Waals surface area contributed by atoms with E-state index in [1.54, 1.807) is 0 Å². The van der Waals surface area contributed by atoms with Gasteiger partial charge >= 0.3 is 6.18 Å². The zero-order valence-corrected chi connectivity index (χ0v) is 10.7. The van der Waals surface area contributed by atoms with Crippen LogP contribution in [0.15, 0.2) is 12.1 Å². The summed E-state index contributed by atoms with van der Waals surface area (Å²) in [5.41, 5.74) is -0.965. The third kappa shape index (κ3) is 3.79. The maximum Gasteiger partial charge on any atom is 0.435 e. The fourth-order valence-corrected chi connectivity index (χ4v) is 2.20. The summed E-state index contributed by atoms with van der Waals surface area (Å²) in [6, 6.07) is 2.66. The summed E-state index contributed by atoms with van der Waals surface area (Å²) in [6.45, 7) is 1.74. The molecule has 2 rings (SSSR count). The minimum absolute atomic E-state index is 0.381. The van der Waals surface area contributed by atoms with Gasteiger partial charge in [0.15, 0.2) is 5.69 Å². The predicted molar refractivity (Wildman–Crippen MR) is 65.8 cm³/mol. The molecule has 1 aromatic rings. The van der Waals surface area contributed by atoms with Crippen LogP contribution in [-0.4, -0.2) is 41.3 Å². The van der Waals surface area contributed by atoms with Crippen molar-refractivity contribution in [1.82, 2.24) is 15.1 Å². The monoisotopic (exact) mass is 274 g/mol. The Morgan fingerprint density at radius 3 is 2.68 bits per heavy atom. The number of nitrogens with zero attached hydrogens (tertiary/aromatic N) is 3. The maximum atomic E-state index is 12.3. The number of nitrogens with one attached hydrogen (secondary N) is 1. The summed E-state index contributed by atoms with van der Waals surface area (Å²) in [6.07, 6.45) is -0.949. The van der Waals surface area contributed by atoms with Crippen molar-refractivity contribution in [2.75, 3.05) is 25.5 Å². The fraction of sp³-hybridized carbons (Fsp3) is 0.667. The van der Waals surface area contributed by atoms with E-state index in [1.807, 2.05) is 0 Å². The largest absolute Gasteiger partial charge is 0.435 e. The van der Waals surface area contributed by atoms with Gasteiger partial charge in [-0.1, -0.05) is 6.42 Å². The smallest absolute Gasteiger partial charge is 0.367 e. The minimum atomic E-state index is -4.44. The minimum Gasteiger partial charge on any atom is -0.367 e. The summed E-state index contributed by atoms with van der Waals surface area (Å²) >= 11 is 0. The molecule has 1 aliphatic heterocycles. The Bertz CT molecular complexity index is 404. The Morgan fingerprint density at radius 1 is 1.32 bits per heavy atom. The lowest BCUT2D eigenvalue weighted by molar-refractivity contribution is -0.141. The van der Waals surface area contributed by atoms with Gasteiger partial charge in [-0.25, -0.2) is 0 Å². The van der Waals surface area contributed by atoms with E-state index in [1.165, 1.54) is 18.9 Å². The normalized spacial score (nSPS) is 21.4. The molecule has 0 aliphatic carbocycles. The van der Waals surface area contributed by atoms with Crippen LogP contribution in [-0.2, 0) is 6.18 Å². The molecule has 1 saturated heterocycles. The molecule has 1 aliphatic rings. The standard InChI is InChI=1S/C12H17F3N4/c1-19-7-3-2-4-9(19)8-16-11-6-5-10(17-18-11)12(13,14)15/h5-6,9H,2-4,7-8H2,1H3,(H,16,18). The van der Waals surface area contributed by atoms with Crippen molar-refractivity contribution < 1.29 is 13.2 Å². The van der Waals surface area contributed by atoms with Gasteiger partial charge in [0.05, 0.1) is 0 Å². The number of likely N-dealkylation sites (tertiary alicyclic amines) is 1. The zero-order chi connectivity index (χ0) is 13.9. The lowest BCUT2D eigenvalue weighted by Crippen LogP contribution is -2.40. The SMILES string of the molecule is CN1CCCCC1CNc1ccc(C(F)(F)F)nn1. The molecule has 1 N–H and O–H groups in total. The molecule has 0 spiro atoms. The summed E-state index contributed by atoms with van der Waals surface area (Å²) in [5, 5.41) is 9.78. The van der Waals surface area contributed by atoms with Crippen LogP contribution >= 0.6 is 0 Å². The highest BCUT2D eigenvalue weighted by atomic mass is 19.4. The molecule has 0 radical (unpaired) electrons. The van der Waals surface area contributed by atoms with Crippen molar-refractivity contribution in [3.63, 3.8) is 0 Å². The molecule has 0 saturated carbocycles. The van der Waals surface area contributed by atoms with Crippen LogP contribution in [0.3, 0.4) is 0 Å². The Labute approximate surface area is 110 Å². The van der Waals surface area contributed by atoms with Crippen molar-refractivity contribution in [3.8, 4) is 0 Å². The fourth-order valence-electron chi connectivity index (χ4n) is 2.20. The van der Waals surface area contributed by atoms with Crippen LogP contribution in [0.5, 0.6) is 0 Å². The van der Waals surface area contributed by atoms with Gasteiger partial charge in [-0.3, -0.25) is 0 Å². The first-order chi connectivity index (χ1) is 8.97. The van der Waals surface area contributed by atoms with Crippen LogP contribution in [0, 0.1) is 0 Å². The Kier molecular flexibility index (Phi) is 4.24. The average Bonchev–Trinajstić information content (AvgIpc) is 2.37. The molecule has 0 amide bonds. The van der Waals surface area contributed by atoms with Crippen LogP contribution in [0.25, 0.3) is 0 Å². The number of anilines is 1. The van der Waals surface area contributed by atoms with Crippen LogP contribution < -0.4 is 5.32 Å². The van der Waals surface area contributed by atoms with E-state index < -0.39 is 11.9 Å². The molecular formula is C12H17F3N4. The molecule has 106 valence electrons. The van der Waals surface area contributed by atoms with Gasteiger partial charge in [-0.15, -0.1) is 10.2 Å². The Hall–Kier alpha value is -1.37. The lowest BCUT2D eigenvalue weighted by Gasteiger charge is -2.32. The third-order valence-corrected chi connectivity index (χ3v) is 3.40. The first-order valence-electron chi connectivity index (χ1n) is 6.32. The molecule has 1 unspecified atom stereocenters. The summed E-state index contributed by atoms with van der Waals surface area (Å²) < 4.78 is 37.0. The van der Waals surface area contributed by atoms with Crippen molar-refractivity contribution in [1.29, 1.82) is 0 Å². The van der Waals surface area contributed by atoms with Crippen LogP contribution in [0.1, 0.15) is 25.0 Å². The molecule has 7 heteroatoms. The van der Waals surface area contributed by atoms with Gasteiger partial charge in [0.1, 0.15) is 5.82 Å². The number of aromatic nitrogens is 2. The van der Waals surface area contributed by atoms with E-state index in [2.05, 4.69) is 27.5 Å². The average molecular weight is 274 g/mol. The zero-order valence-electron chi connectivity index (χ0n) is 10.7. The second kappa shape index (κ2) is 5.73. The van der Waals surface area contributed by atoms with Crippen molar-refractivity contribution in [3.05, 3.63) is 17.8 Å². The van der Waals surface area contributed by atoms with E-state index in [4.69, 9.17) is 0 Å². The highest BCUT2D eigenvalue weighted by Gasteiger charge is 2.32. The van der Waals surface area contributed by atoms with Crippen molar-refractivity contribution >= 4 is 5.82 Å². The molecule has 0 bridgehead atoms. The first-order valence-corrected chi connectivity index (χ1v) is 6.32. The van der Waals surface area contributed by atoms with E-state index in [0.717, 1.165) is 19.0 Å². The third-order valence-electron chi connectivity index (χ3n) is 3.40. The second-order valence-electron chi connectivity index (χ2n) is 4.81. The molecule has 1 aromatic heterocycles. The highest BCUT2D eigenvalue weighted by molar-refractivity contribution is 5.33. The molecule has 1 fully saturated rings. The molecular weight excluding hydrogens is 257 g/mol. The van der Waals surface area contributed by atoms with E-state index >= 15 is 0 Å². The Morgan fingerprint density at radius 2 is 2.11 bits per heavy atom. The summed E-state index contributed by atoms with van der Waals surface area (Å²) in [5.74, 6) is 0.381. The molecule has 2 heterocycles. The maximum absolute atomic E-state index is 12.3. The topological polar surface area (TPSA) is 41.0 Å². The molecule has 4 nitrogen and oxygen atoms in total. The van der Waals surface area contributed by atoms with Crippen molar-refractivity contribution in [2.24, 2.45) is 0 Å². The quantitative estimate of drug-likeness (QED) is 0.919. The number of alkyl halides is 3.